The van der Waals surface area contributed by atoms with E-state index >= 15 is 0 Å². The zero-order chi connectivity index (χ0) is 20.4. The highest BCUT2D eigenvalue weighted by Gasteiger charge is 2.34. The van der Waals surface area contributed by atoms with E-state index in [0.717, 1.165) is 0 Å². The van der Waals surface area contributed by atoms with Crippen molar-refractivity contribution in [3.05, 3.63) is 71.8 Å². The van der Waals surface area contributed by atoms with Crippen molar-refractivity contribution in [2.45, 2.75) is 19.8 Å². The van der Waals surface area contributed by atoms with Crippen LogP contribution in [0, 0.1) is 11.3 Å². The van der Waals surface area contributed by atoms with E-state index in [1.807, 2.05) is 12.1 Å². The van der Waals surface area contributed by atoms with Crippen molar-refractivity contribution in [3.63, 3.8) is 0 Å². The standard InChI is InChI=1S/C20H21N2O5P/c1-3-25-28(24,26-4-2)18(15-21)22-27-20(23)19(16-11-7-5-8-12-16)17-13-9-6-10-14-17/h5-14,19H,3-4H2,1-2H3/b22-18+. The topological polar surface area (TPSA) is 98.0 Å². The average Bonchev–Trinajstić information content (AvgIpc) is 2.70. The Bertz CT molecular complexity index is 844. The largest absolute Gasteiger partial charge is 0.393 e. The Balaban J connectivity index is 2.34. The summed E-state index contributed by atoms with van der Waals surface area (Å²) in [7, 11) is -3.95. The van der Waals surface area contributed by atoms with Gasteiger partial charge in [-0.25, -0.2) is 4.79 Å². The van der Waals surface area contributed by atoms with E-state index in [9.17, 15) is 14.6 Å². The minimum atomic E-state index is -3.95. The van der Waals surface area contributed by atoms with Gasteiger partial charge in [-0.3, -0.25) is 4.57 Å². The first-order valence-electron chi connectivity index (χ1n) is 8.74. The minimum absolute atomic E-state index is 0.0442. The van der Waals surface area contributed by atoms with Crippen LogP contribution in [-0.2, 0) is 23.2 Å². The predicted octanol–water partition coefficient (Wildman–Crippen LogP) is 4.46. The molecule has 7 nitrogen and oxygen atoms in total. The van der Waals surface area contributed by atoms with Crippen LogP contribution in [-0.4, -0.2) is 24.6 Å². The number of hydrogen-bond donors (Lipinski definition) is 0. The average molecular weight is 400 g/mol. The lowest BCUT2D eigenvalue weighted by Gasteiger charge is -2.16. The van der Waals surface area contributed by atoms with Gasteiger partial charge in [0.05, 0.1) is 13.2 Å². The molecule has 0 N–H and O–H groups in total. The summed E-state index contributed by atoms with van der Waals surface area (Å²) in [6.07, 6.45) is 0. The molecule has 0 fully saturated rings. The zero-order valence-corrected chi connectivity index (χ0v) is 16.5. The second-order valence-electron chi connectivity index (χ2n) is 5.52. The highest BCUT2D eigenvalue weighted by molar-refractivity contribution is 7.73. The normalized spacial score (nSPS) is 11.9. The van der Waals surface area contributed by atoms with Gasteiger partial charge in [-0.2, -0.15) is 5.26 Å². The Morgan fingerprint density at radius 2 is 1.46 bits per heavy atom. The lowest BCUT2D eigenvalue weighted by molar-refractivity contribution is -0.144. The second-order valence-corrected chi connectivity index (χ2v) is 7.46. The molecular weight excluding hydrogens is 379 g/mol. The molecule has 8 heteroatoms. The van der Waals surface area contributed by atoms with Crippen LogP contribution in [0.1, 0.15) is 30.9 Å². The zero-order valence-electron chi connectivity index (χ0n) is 15.6. The smallest absolute Gasteiger partial charge is 0.316 e. The molecule has 0 bridgehead atoms. The maximum Gasteiger partial charge on any atom is 0.393 e. The van der Waals surface area contributed by atoms with Crippen LogP contribution in [0.15, 0.2) is 65.8 Å². The molecule has 0 aliphatic heterocycles. The third-order valence-electron chi connectivity index (χ3n) is 3.68. The third kappa shape index (κ3) is 5.37. The summed E-state index contributed by atoms with van der Waals surface area (Å²) in [5.41, 5.74) is 0.792. The number of rotatable bonds is 9. The Hall–Kier alpha value is -2.78. The summed E-state index contributed by atoms with van der Waals surface area (Å²) in [5.74, 6) is -1.48. The molecule has 0 heterocycles. The SMILES string of the molecule is CCOP(=O)(OCC)/C(C#N)=N/OC(=O)C(c1ccccc1)c1ccccc1. The van der Waals surface area contributed by atoms with Gasteiger partial charge in [0.1, 0.15) is 12.0 Å². The van der Waals surface area contributed by atoms with E-state index in [2.05, 4.69) is 5.16 Å². The predicted molar refractivity (Wildman–Crippen MR) is 105 cm³/mol. The molecule has 2 rings (SSSR count). The van der Waals surface area contributed by atoms with Gasteiger partial charge in [-0.05, 0) is 25.0 Å². The number of hydrogen-bond acceptors (Lipinski definition) is 7. The van der Waals surface area contributed by atoms with Crippen molar-refractivity contribution >= 4 is 19.0 Å². The Labute approximate surface area is 164 Å². The van der Waals surface area contributed by atoms with E-state index in [-0.39, 0.29) is 13.2 Å². The molecule has 0 saturated carbocycles. The Morgan fingerprint density at radius 1 is 1.00 bits per heavy atom. The van der Waals surface area contributed by atoms with Gasteiger partial charge in [-0.1, -0.05) is 65.8 Å². The van der Waals surface area contributed by atoms with E-state index in [0.29, 0.717) is 11.1 Å². The van der Waals surface area contributed by atoms with Crippen molar-refractivity contribution in [1.82, 2.24) is 0 Å². The van der Waals surface area contributed by atoms with Crippen LogP contribution < -0.4 is 0 Å². The van der Waals surface area contributed by atoms with Crippen LogP contribution >= 0.6 is 7.60 Å². The molecule has 2 aromatic rings. The molecule has 0 atom stereocenters. The van der Waals surface area contributed by atoms with Crippen molar-refractivity contribution in [2.75, 3.05) is 13.2 Å². The monoisotopic (exact) mass is 400 g/mol. The molecule has 0 amide bonds. The van der Waals surface area contributed by atoms with E-state index in [4.69, 9.17) is 13.9 Å². The second kappa shape index (κ2) is 10.5. The summed E-state index contributed by atoms with van der Waals surface area (Å²) >= 11 is 0. The molecule has 0 unspecified atom stereocenters. The number of carbonyl (C=O) groups is 1. The quantitative estimate of drug-likeness (QED) is 0.267. The van der Waals surface area contributed by atoms with Crippen molar-refractivity contribution < 1.29 is 23.2 Å². The van der Waals surface area contributed by atoms with Gasteiger partial charge in [0.15, 0.2) is 0 Å². The van der Waals surface area contributed by atoms with Gasteiger partial charge in [0.2, 0.25) is 0 Å². The maximum atomic E-state index is 12.8. The number of oxime groups is 1. The summed E-state index contributed by atoms with van der Waals surface area (Å²) in [5, 5.41) is 12.8. The van der Waals surface area contributed by atoms with Gasteiger partial charge in [0.25, 0.3) is 5.45 Å². The number of benzene rings is 2. The molecule has 0 aromatic heterocycles. The minimum Gasteiger partial charge on any atom is -0.316 e. The van der Waals surface area contributed by atoms with E-state index in [1.54, 1.807) is 68.4 Å². The fourth-order valence-electron chi connectivity index (χ4n) is 2.53. The summed E-state index contributed by atoms with van der Waals surface area (Å²) < 4.78 is 22.8. The first-order valence-corrected chi connectivity index (χ1v) is 10.3. The summed E-state index contributed by atoms with van der Waals surface area (Å²) in [4.78, 5) is 17.8. The van der Waals surface area contributed by atoms with Crippen LogP contribution in [0.3, 0.4) is 0 Å². The van der Waals surface area contributed by atoms with Crippen molar-refractivity contribution in [2.24, 2.45) is 5.16 Å². The lowest BCUT2D eigenvalue weighted by atomic mass is 9.91. The molecule has 0 spiro atoms. The van der Waals surface area contributed by atoms with Crippen LogP contribution in [0.2, 0.25) is 0 Å². The number of nitriles is 1. The van der Waals surface area contributed by atoms with Crippen molar-refractivity contribution in [1.29, 1.82) is 5.26 Å². The summed E-state index contributed by atoms with van der Waals surface area (Å²) in [6, 6.07) is 19.7. The van der Waals surface area contributed by atoms with Gasteiger partial charge >= 0.3 is 13.6 Å². The molecule has 0 aliphatic carbocycles. The lowest BCUT2D eigenvalue weighted by Crippen LogP contribution is -2.16. The first kappa shape index (κ1) is 21.5. The first-order chi connectivity index (χ1) is 13.6. The van der Waals surface area contributed by atoms with Crippen LogP contribution in [0.25, 0.3) is 0 Å². The molecule has 0 aliphatic rings. The number of carbonyl (C=O) groups excluding carboxylic acids is 1. The van der Waals surface area contributed by atoms with Crippen LogP contribution in [0.4, 0.5) is 0 Å². The molecule has 28 heavy (non-hydrogen) atoms. The molecule has 0 saturated heterocycles. The summed E-state index contributed by atoms with van der Waals surface area (Å²) in [6.45, 7) is 3.30. The van der Waals surface area contributed by atoms with Crippen molar-refractivity contribution in [3.8, 4) is 6.07 Å². The molecular formula is C20H21N2O5P. The number of nitrogens with zero attached hydrogens (tertiary/aromatic N) is 2. The fourth-order valence-corrected chi connectivity index (χ4v) is 3.79. The molecule has 2 aromatic carbocycles. The van der Waals surface area contributed by atoms with Gasteiger partial charge in [-0.15, -0.1) is 0 Å². The Kier molecular flexibility index (Phi) is 8.09. The Morgan fingerprint density at radius 3 is 1.86 bits per heavy atom. The molecule has 0 radical (unpaired) electrons. The maximum absolute atomic E-state index is 12.8. The van der Waals surface area contributed by atoms with Crippen LogP contribution in [0.5, 0.6) is 0 Å². The van der Waals surface area contributed by atoms with E-state index in [1.165, 1.54) is 0 Å². The van der Waals surface area contributed by atoms with Gasteiger partial charge in [0, 0.05) is 0 Å². The highest BCUT2D eigenvalue weighted by atomic mass is 31.2. The highest BCUT2D eigenvalue weighted by Crippen LogP contribution is 2.49. The van der Waals surface area contributed by atoms with E-state index < -0.39 is 24.9 Å². The van der Waals surface area contributed by atoms with Gasteiger partial charge < -0.3 is 13.9 Å². The molecule has 146 valence electrons. The third-order valence-corrected chi connectivity index (χ3v) is 5.58. The fraction of sp³-hybridized carbons (Fsp3) is 0.250.